The lowest BCUT2D eigenvalue weighted by Gasteiger charge is -2.20. The Morgan fingerprint density at radius 2 is 1.35 bits per heavy atom. The third kappa shape index (κ3) is 9.00. The number of hydrogen-bond acceptors (Lipinski definition) is 8. The van der Waals surface area contributed by atoms with E-state index in [2.05, 4.69) is 5.32 Å². The number of aliphatic carboxylic acids is 2. The third-order valence-corrected chi connectivity index (χ3v) is 5.23. The molecule has 12 heteroatoms. The largest absolute Gasteiger partial charge is 0.479 e. The molecule has 3 unspecified atom stereocenters. The number of carbonyl (C=O) groups is 3. The van der Waals surface area contributed by atoms with Crippen molar-refractivity contribution in [3.8, 4) is 0 Å². The van der Waals surface area contributed by atoms with E-state index in [-0.39, 0.29) is 23.9 Å². The predicted molar refractivity (Wildman–Crippen MR) is 134 cm³/mol. The minimum atomic E-state index is -2.27. The summed E-state index contributed by atoms with van der Waals surface area (Å²) in [4.78, 5) is 42.6. The Bertz CT molecular complexity index is 1200. The molecule has 5 N–H and O–H groups in total. The molecule has 0 fully saturated rings. The second-order valence-electron chi connectivity index (χ2n) is 7.61. The Morgan fingerprint density at radius 3 is 1.81 bits per heavy atom. The van der Waals surface area contributed by atoms with Gasteiger partial charge in [-0.2, -0.15) is 0 Å². The van der Waals surface area contributed by atoms with Crippen LogP contribution in [0.3, 0.4) is 0 Å². The predicted octanol–water partition coefficient (Wildman–Crippen LogP) is 3.55. The zero-order valence-corrected chi connectivity index (χ0v) is 19.9. The van der Waals surface area contributed by atoms with Gasteiger partial charge in [-0.05, 0) is 42.0 Å². The number of aliphatic hydroxyl groups excluding tert-OH is 2. The average Bonchev–Trinajstić information content (AvgIpc) is 2.88. The Hall–Kier alpha value is -4.32. The number of Topliss-reactive ketones (excluding diaryl/α,β-unsaturated/α-hetero) is 1. The van der Waals surface area contributed by atoms with Crippen LogP contribution in [0.5, 0.6) is 0 Å². The van der Waals surface area contributed by atoms with Crippen molar-refractivity contribution >= 4 is 40.7 Å². The highest BCUT2D eigenvalue weighted by Gasteiger charge is 2.29. The van der Waals surface area contributed by atoms with Crippen LogP contribution >= 0.6 is 11.6 Å². The number of nitro groups is 1. The molecular weight excluding hydrogens is 508 g/mol. The first-order chi connectivity index (χ1) is 17.5. The van der Waals surface area contributed by atoms with Crippen molar-refractivity contribution < 1.29 is 39.7 Å². The summed E-state index contributed by atoms with van der Waals surface area (Å²) in [6, 6.07) is 22.3. The van der Waals surface area contributed by atoms with E-state index in [0.717, 1.165) is 5.56 Å². The molecule has 0 saturated heterocycles. The van der Waals surface area contributed by atoms with Crippen molar-refractivity contribution in [2.75, 3.05) is 5.32 Å². The van der Waals surface area contributed by atoms with Gasteiger partial charge < -0.3 is 25.7 Å². The number of nitrogens with one attached hydrogen (secondary N) is 1. The molecule has 0 spiro atoms. The topological polar surface area (TPSA) is 187 Å². The molecule has 11 nitrogen and oxygen atoms in total. The maximum Gasteiger partial charge on any atom is 0.335 e. The monoisotopic (exact) mass is 530 g/mol. The summed E-state index contributed by atoms with van der Waals surface area (Å²) < 4.78 is 0. The van der Waals surface area contributed by atoms with Crippen LogP contribution in [0.2, 0.25) is 5.02 Å². The number of ketones is 1. The molecular formula is C25H23ClN2O9. The quantitative estimate of drug-likeness (QED) is 0.147. The molecule has 0 aliphatic carbocycles. The van der Waals surface area contributed by atoms with E-state index in [0.29, 0.717) is 16.3 Å². The Balaban J connectivity index is 0.000000410. The van der Waals surface area contributed by atoms with Crippen molar-refractivity contribution in [2.24, 2.45) is 0 Å². The number of carboxylic acid groups (broad SMARTS) is 2. The summed E-state index contributed by atoms with van der Waals surface area (Å²) in [5.41, 5.74) is 2.27. The van der Waals surface area contributed by atoms with Crippen LogP contribution < -0.4 is 5.32 Å². The van der Waals surface area contributed by atoms with Gasteiger partial charge in [-0.3, -0.25) is 14.9 Å². The van der Waals surface area contributed by atoms with Crippen molar-refractivity contribution in [3.63, 3.8) is 0 Å². The van der Waals surface area contributed by atoms with Crippen LogP contribution in [-0.2, 0) is 9.59 Å². The lowest BCUT2D eigenvalue weighted by Crippen LogP contribution is -2.39. The van der Waals surface area contributed by atoms with E-state index >= 15 is 0 Å². The lowest BCUT2D eigenvalue weighted by molar-refractivity contribution is -0.384. The van der Waals surface area contributed by atoms with Gasteiger partial charge in [-0.25, -0.2) is 9.59 Å². The molecule has 37 heavy (non-hydrogen) atoms. The zero-order chi connectivity index (χ0) is 27.5. The molecule has 3 aromatic carbocycles. The van der Waals surface area contributed by atoms with Crippen LogP contribution in [0.4, 0.5) is 11.4 Å². The Morgan fingerprint density at radius 1 is 0.838 bits per heavy atom. The number of carboxylic acids is 2. The normalized spacial score (nSPS) is 12.7. The van der Waals surface area contributed by atoms with E-state index in [1.807, 2.05) is 30.3 Å². The number of carbonyl (C=O) groups excluding carboxylic acids is 1. The summed E-state index contributed by atoms with van der Waals surface area (Å²) in [5, 5.41) is 47.2. The zero-order valence-electron chi connectivity index (χ0n) is 19.1. The number of hydrogen-bond donors (Lipinski definition) is 5. The summed E-state index contributed by atoms with van der Waals surface area (Å²) in [7, 11) is 0. The summed E-state index contributed by atoms with van der Waals surface area (Å²) in [6.45, 7) is 0. The highest BCUT2D eigenvalue weighted by atomic mass is 35.5. The SMILES string of the molecule is O=C(CC(Nc1ccc([N+](=O)[O-])cc1)c1ccccc1)c1ccc(Cl)cc1.O=C(O)C(O)C(O)C(=O)O. The van der Waals surface area contributed by atoms with Gasteiger partial charge in [0.15, 0.2) is 18.0 Å². The standard InChI is InChI=1S/C21H17ClN2O3.C4H6O6/c22-17-8-6-16(7-9-17)21(25)14-20(15-4-2-1-3-5-15)23-18-10-12-19(13-11-18)24(26)27;5-1(3(7)8)2(6)4(9)10/h1-13,20,23H,14H2;1-2,5-6H,(H,7,8)(H,9,10). The molecule has 0 aliphatic rings. The number of halogens is 1. The second-order valence-corrected chi connectivity index (χ2v) is 8.05. The highest BCUT2D eigenvalue weighted by Crippen LogP contribution is 2.26. The van der Waals surface area contributed by atoms with Gasteiger partial charge in [0.2, 0.25) is 0 Å². The maximum atomic E-state index is 12.7. The van der Waals surface area contributed by atoms with Gasteiger partial charge in [-0.1, -0.05) is 41.9 Å². The Kier molecular flexibility index (Phi) is 10.7. The smallest absolute Gasteiger partial charge is 0.335 e. The average molecular weight is 531 g/mol. The van der Waals surface area contributed by atoms with Gasteiger partial charge in [0.25, 0.3) is 5.69 Å². The lowest BCUT2D eigenvalue weighted by atomic mass is 9.97. The maximum absolute atomic E-state index is 12.7. The fourth-order valence-corrected chi connectivity index (χ4v) is 3.15. The molecule has 0 aliphatic heterocycles. The first-order valence-corrected chi connectivity index (χ1v) is 11.0. The van der Waals surface area contributed by atoms with E-state index < -0.39 is 29.1 Å². The molecule has 0 aromatic heterocycles. The van der Waals surface area contributed by atoms with Crippen molar-refractivity contribution in [3.05, 3.63) is 105 Å². The number of nitro benzene ring substituents is 1. The van der Waals surface area contributed by atoms with Gasteiger partial charge in [0.1, 0.15) is 0 Å². The molecule has 0 heterocycles. The molecule has 3 atom stereocenters. The van der Waals surface area contributed by atoms with Crippen molar-refractivity contribution in [1.29, 1.82) is 0 Å². The highest BCUT2D eigenvalue weighted by molar-refractivity contribution is 6.30. The molecule has 3 rings (SSSR count). The fraction of sp³-hybridized carbons (Fsp3) is 0.160. The Labute approximate surface area is 215 Å². The molecule has 194 valence electrons. The van der Waals surface area contributed by atoms with E-state index in [1.165, 1.54) is 12.1 Å². The number of rotatable bonds is 10. The van der Waals surface area contributed by atoms with Crippen molar-refractivity contribution in [2.45, 2.75) is 24.7 Å². The second kappa shape index (κ2) is 13.7. The van der Waals surface area contributed by atoms with Gasteiger partial charge >= 0.3 is 11.9 Å². The minimum absolute atomic E-state index is 0.0186. The summed E-state index contributed by atoms with van der Waals surface area (Å²) in [5.74, 6) is -3.56. The summed E-state index contributed by atoms with van der Waals surface area (Å²) >= 11 is 5.89. The van der Waals surface area contributed by atoms with Crippen LogP contribution in [0.25, 0.3) is 0 Å². The van der Waals surface area contributed by atoms with Gasteiger partial charge in [0.05, 0.1) is 11.0 Å². The van der Waals surface area contributed by atoms with Crippen LogP contribution in [0.1, 0.15) is 28.4 Å². The molecule has 0 saturated carbocycles. The first-order valence-electron chi connectivity index (χ1n) is 10.7. The van der Waals surface area contributed by atoms with Crippen molar-refractivity contribution in [1.82, 2.24) is 0 Å². The summed E-state index contributed by atoms with van der Waals surface area (Å²) in [6.07, 6.45) is -4.29. The molecule has 0 bridgehead atoms. The number of benzene rings is 3. The van der Waals surface area contributed by atoms with Crippen LogP contribution in [0.15, 0.2) is 78.9 Å². The minimum Gasteiger partial charge on any atom is -0.479 e. The van der Waals surface area contributed by atoms with Crippen LogP contribution in [-0.4, -0.2) is 55.3 Å². The molecule has 3 aromatic rings. The number of nitrogens with zero attached hydrogens (tertiary/aromatic N) is 1. The molecule has 0 radical (unpaired) electrons. The molecule has 0 amide bonds. The number of aliphatic hydroxyl groups is 2. The number of anilines is 1. The van der Waals surface area contributed by atoms with Crippen LogP contribution in [0, 0.1) is 10.1 Å². The van der Waals surface area contributed by atoms with E-state index in [4.69, 9.17) is 32.0 Å². The van der Waals surface area contributed by atoms with Gasteiger partial charge in [0, 0.05) is 34.8 Å². The fourth-order valence-electron chi connectivity index (χ4n) is 3.03. The first kappa shape index (κ1) is 28.9. The third-order valence-electron chi connectivity index (χ3n) is 4.98. The van der Waals surface area contributed by atoms with Gasteiger partial charge in [-0.15, -0.1) is 0 Å². The van der Waals surface area contributed by atoms with E-state index in [9.17, 15) is 24.5 Å². The number of non-ortho nitro benzene ring substituents is 1. The van der Waals surface area contributed by atoms with E-state index in [1.54, 1.807) is 36.4 Å².